The topological polar surface area (TPSA) is 126 Å². The number of nitriles is 1. The van der Waals surface area contributed by atoms with Gasteiger partial charge in [0.25, 0.3) is 0 Å². The maximum Gasteiger partial charge on any atom is 0.338 e. The van der Waals surface area contributed by atoms with E-state index < -0.39 is 11.9 Å². The van der Waals surface area contributed by atoms with Crippen molar-refractivity contribution in [1.82, 2.24) is 9.97 Å². The molecule has 0 spiro atoms. The number of rotatable bonds is 8. The number of nitrogens with zero attached hydrogens (tertiary/aromatic N) is 3. The van der Waals surface area contributed by atoms with Gasteiger partial charge in [-0.15, -0.1) is 0 Å². The van der Waals surface area contributed by atoms with Gasteiger partial charge in [0.2, 0.25) is 5.95 Å². The van der Waals surface area contributed by atoms with Gasteiger partial charge in [0.15, 0.2) is 0 Å². The summed E-state index contributed by atoms with van der Waals surface area (Å²) in [6.45, 7) is 0.531. The molecule has 0 fully saturated rings. The van der Waals surface area contributed by atoms with Crippen LogP contribution in [0.3, 0.4) is 0 Å². The highest BCUT2D eigenvalue weighted by Crippen LogP contribution is 2.18. The van der Waals surface area contributed by atoms with Gasteiger partial charge >= 0.3 is 11.9 Å². The van der Waals surface area contributed by atoms with E-state index in [2.05, 4.69) is 20.6 Å². The average molecular weight is 431 g/mol. The zero-order chi connectivity index (χ0) is 22.9. The normalized spacial score (nSPS) is 10.0. The molecule has 1 heterocycles. The molecule has 0 aliphatic carbocycles. The summed E-state index contributed by atoms with van der Waals surface area (Å²) in [4.78, 5) is 32.4. The fourth-order valence-electron chi connectivity index (χ4n) is 3.00. The van der Waals surface area contributed by atoms with E-state index in [0.29, 0.717) is 28.1 Å². The summed E-state index contributed by atoms with van der Waals surface area (Å²) in [6.07, 6.45) is 1.40. The van der Waals surface area contributed by atoms with Crippen molar-refractivity contribution in [2.45, 2.75) is 13.1 Å². The third kappa shape index (κ3) is 5.17. The molecule has 3 aromatic rings. The van der Waals surface area contributed by atoms with Crippen LogP contribution in [0.4, 0.5) is 11.8 Å². The number of aromatic nitrogens is 2. The van der Waals surface area contributed by atoms with Gasteiger partial charge in [-0.3, -0.25) is 0 Å². The SMILES string of the molecule is COC(=O)c1ccccc1CNc1ncc(C#N)c(NCc2ccccc2C(=O)OC)n1. The average Bonchev–Trinajstić information content (AvgIpc) is 2.85. The van der Waals surface area contributed by atoms with Crippen molar-refractivity contribution in [3.8, 4) is 6.07 Å². The molecule has 0 unspecified atom stereocenters. The van der Waals surface area contributed by atoms with Crippen molar-refractivity contribution in [2.24, 2.45) is 0 Å². The number of methoxy groups -OCH3 is 2. The molecule has 0 amide bonds. The molecule has 2 aromatic carbocycles. The number of anilines is 2. The molecule has 0 saturated carbocycles. The molecule has 0 bridgehead atoms. The van der Waals surface area contributed by atoms with E-state index >= 15 is 0 Å². The molecule has 0 aliphatic rings. The van der Waals surface area contributed by atoms with E-state index in [1.807, 2.05) is 12.1 Å². The van der Waals surface area contributed by atoms with E-state index in [1.54, 1.807) is 42.5 Å². The second-order valence-electron chi connectivity index (χ2n) is 6.57. The number of hydrogen-bond donors (Lipinski definition) is 2. The molecule has 32 heavy (non-hydrogen) atoms. The number of esters is 2. The maximum absolute atomic E-state index is 12.0. The number of ether oxygens (including phenoxy) is 2. The lowest BCUT2D eigenvalue weighted by Crippen LogP contribution is -2.13. The van der Waals surface area contributed by atoms with E-state index in [-0.39, 0.29) is 24.6 Å². The zero-order valence-corrected chi connectivity index (χ0v) is 17.6. The summed E-state index contributed by atoms with van der Waals surface area (Å²) in [5.74, 6) is -0.301. The molecular weight excluding hydrogens is 410 g/mol. The van der Waals surface area contributed by atoms with Crippen LogP contribution in [0, 0.1) is 11.3 Å². The first-order valence-corrected chi connectivity index (χ1v) is 9.64. The summed E-state index contributed by atoms with van der Waals surface area (Å²) in [6, 6.07) is 16.1. The maximum atomic E-state index is 12.0. The summed E-state index contributed by atoms with van der Waals surface area (Å²) >= 11 is 0. The van der Waals surface area contributed by atoms with Crippen LogP contribution in [0.25, 0.3) is 0 Å². The van der Waals surface area contributed by atoms with Crippen LogP contribution in [-0.2, 0) is 22.6 Å². The van der Waals surface area contributed by atoms with Gasteiger partial charge in [-0.1, -0.05) is 36.4 Å². The Balaban J connectivity index is 1.77. The number of nitrogens with one attached hydrogen (secondary N) is 2. The van der Waals surface area contributed by atoms with Crippen LogP contribution in [-0.4, -0.2) is 36.1 Å². The van der Waals surface area contributed by atoms with E-state index in [0.717, 1.165) is 0 Å². The van der Waals surface area contributed by atoms with Crippen molar-refractivity contribution in [3.63, 3.8) is 0 Å². The first-order chi connectivity index (χ1) is 15.6. The molecule has 3 rings (SSSR count). The standard InChI is InChI=1S/C23H21N5O4/c1-31-21(29)18-9-5-3-7-15(18)12-25-20-17(11-24)14-27-23(28-20)26-13-16-8-4-6-10-19(16)22(30)32-2/h3-10,14H,12-13H2,1-2H3,(H2,25,26,27,28). The molecule has 0 aliphatic heterocycles. The van der Waals surface area contributed by atoms with Gasteiger partial charge < -0.3 is 20.1 Å². The first kappa shape index (κ1) is 22.2. The van der Waals surface area contributed by atoms with Gasteiger partial charge in [-0.2, -0.15) is 10.2 Å². The Bertz CT molecular complexity index is 1170. The lowest BCUT2D eigenvalue weighted by molar-refractivity contribution is 0.0590. The second-order valence-corrected chi connectivity index (χ2v) is 6.57. The minimum Gasteiger partial charge on any atom is -0.465 e. The number of carbonyl (C=O) groups is 2. The lowest BCUT2D eigenvalue weighted by atomic mass is 10.1. The Kier molecular flexibility index (Phi) is 7.33. The predicted octanol–water partition coefficient (Wildman–Crippen LogP) is 3.15. The largest absolute Gasteiger partial charge is 0.465 e. The Morgan fingerprint density at radius 3 is 1.97 bits per heavy atom. The highest BCUT2D eigenvalue weighted by atomic mass is 16.5. The molecule has 1 aromatic heterocycles. The Labute approximate surface area is 185 Å². The third-order valence-corrected chi connectivity index (χ3v) is 4.64. The highest BCUT2D eigenvalue weighted by molar-refractivity contribution is 5.91. The van der Waals surface area contributed by atoms with E-state index in [9.17, 15) is 14.9 Å². The monoisotopic (exact) mass is 431 g/mol. The van der Waals surface area contributed by atoms with Crippen molar-refractivity contribution in [1.29, 1.82) is 5.26 Å². The van der Waals surface area contributed by atoms with Crippen molar-refractivity contribution < 1.29 is 19.1 Å². The van der Waals surface area contributed by atoms with Crippen molar-refractivity contribution in [3.05, 3.63) is 82.5 Å². The fraction of sp³-hybridized carbons (Fsp3) is 0.174. The van der Waals surface area contributed by atoms with Gasteiger partial charge in [-0.25, -0.2) is 14.6 Å². The Hall–Kier alpha value is -4.45. The second kappa shape index (κ2) is 10.5. The highest BCUT2D eigenvalue weighted by Gasteiger charge is 2.14. The quantitative estimate of drug-likeness (QED) is 0.517. The van der Waals surface area contributed by atoms with Crippen LogP contribution in [0.5, 0.6) is 0 Å². The molecule has 9 heteroatoms. The smallest absolute Gasteiger partial charge is 0.338 e. The van der Waals surface area contributed by atoms with Crippen LogP contribution < -0.4 is 10.6 Å². The van der Waals surface area contributed by atoms with E-state index in [1.165, 1.54) is 20.4 Å². The van der Waals surface area contributed by atoms with Gasteiger partial charge in [-0.05, 0) is 23.3 Å². The number of benzene rings is 2. The van der Waals surface area contributed by atoms with Crippen molar-refractivity contribution >= 4 is 23.7 Å². The zero-order valence-electron chi connectivity index (χ0n) is 17.6. The van der Waals surface area contributed by atoms with Gasteiger partial charge in [0.05, 0.1) is 31.5 Å². The number of hydrogen-bond acceptors (Lipinski definition) is 9. The van der Waals surface area contributed by atoms with Gasteiger partial charge in [0.1, 0.15) is 17.5 Å². The Morgan fingerprint density at radius 2 is 1.44 bits per heavy atom. The first-order valence-electron chi connectivity index (χ1n) is 9.64. The van der Waals surface area contributed by atoms with Crippen LogP contribution in [0.15, 0.2) is 54.7 Å². The number of carbonyl (C=O) groups excluding carboxylic acids is 2. The predicted molar refractivity (Wildman–Crippen MR) is 117 cm³/mol. The lowest BCUT2D eigenvalue weighted by Gasteiger charge is -2.13. The minimum absolute atomic E-state index is 0.251. The Morgan fingerprint density at radius 1 is 0.906 bits per heavy atom. The fourth-order valence-corrected chi connectivity index (χ4v) is 3.00. The summed E-state index contributed by atoms with van der Waals surface area (Å²) in [5, 5.41) is 15.5. The summed E-state index contributed by atoms with van der Waals surface area (Å²) in [7, 11) is 2.65. The van der Waals surface area contributed by atoms with Gasteiger partial charge in [0, 0.05) is 13.1 Å². The molecule has 2 N–H and O–H groups in total. The van der Waals surface area contributed by atoms with E-state index in [4.69, 9.17) is 9.47 Å². The molecule has 0 saturated heterocycles. The molecule has 0 radical (unpaired) electrons. The van der Waals surface area contributed by atoms with Crippen molar-refractivity contribution in [2.75, 3.05) is 24.9 Å². The van der Waals surface area contributed by atoms with Crippen LogP contribution in [0.2, 0.25) is 0 Å². The third-order valence-electron chi connectivity index (χ3n) is 4.64. The molecule has 9 nitrogen and oxygen atoms in total. The minimum atomic E-state index is -0.447. The molecule has 162 valence electrons. The molecular formula is C23H21N5O4. The molecule has 0 atom stereocenters. The summed E-state index contributed by atoms with van der Waals surface area (Å²) in [5.41, 5.74) is 2.53. The van der Waals surface area contributed by atoms with Crippen LogP contribution in [0.1, 0.15) is 37.4 Å². The van der Waals surface area contributed by atoms with Crippen LogP contribution >= 0.6 is 0 Å². The summed E-state index contributed by atoms with van der Waals surface area (Å²) < 4.78 is 9.62.